The van der Waals surface area contributed by atoms with Gasteiger partial charge in [0.15, 0.2) is 0 Å². The molecule has 134 valence electrons. The zero-order valence-corrected chi connectivity index (χ0v) is 17.0. The van der Waals surface area contributed by atoms with Crippen LogP contribution in [0.2, 0.25) is 5.02 Å². The molecular formula is C19H23BrClN3O. The van der Waals surface area contributed by atoms with Crippen LogP contribution in [0.25, 0.3) is 10.9 Å². The van der Waals surface area contributed by atoms with Crippen LogP contribution in [0.3, 0.4) is 0 Å². The number of carbonyl (C=O) groups excluding carboxylic acids is 1. The number of hydrogen-bond donors (Lipinski definition) is 0. The van der Waals surface area contributed by atoms with Gasteiger partial charge < -0.3 is 9.80 Å². The lowest BCUT2D eigenvalue weighted by atomic mass is 9.95. The zero-order chi connectivity index (χ0) is 18.0. The fourth-order valence-corrected chi connectivity index (χ4v) is 4.35. The molecule has 25 heavy (non-hydrogen) atoms. The topological polar surface area (TPSA) is 36.4 Å². The van der Waals surface area contributed by atoms with Crippen LogP contribution < -0.4 is 4.90 Å². The molecule has 2 aromatic rings. The molecule has 3 rings (SSSR count). The number of fused-ring (bicyclic) bond motifs is 1. The number of benzene rings is 1. The highest BCUT2D eigenvalue weighted by Crippen LogP contribution is 2.30. The Kier molecular flexibility index (Phi) is 5.85. The van der Waals surface area contributed by atoms with Crippen LogP contribution in [0.15, 0.2) is 28.7 Å². The van der Waals surface area contributed by atoms with Crippen LogP contribution in [0.5, 0.6) is 0 Å². The molecule has 1 fully saturated rings. The molecule has 0 spiro atoms. The van der Waals surface area contributed by atoms with Gasteiger partial charge in [-0.25, -0.2) is 4.98 Å². The highest BCUT2D eigenvalue weighted by atomic mass is 79.9. The summed E-state index contributed by atoms with van der Waals surface area (Å²) in [7, 11) is 0. The van der Waals surface area contributed by atoms with Crippen molar-refractivity contribution in [1.29, 1.82) is 0 Å². The molecule has 0 atom stereocenters. The van der Waals surface area contributed by atoms with E-state index >= 15 is 0 Å². The van der Waals surface area contributed by atoms with Crippen LogP contribution in [-0.2, 0) is 4.79 Å². The fraction of sp³-hybridized carbons (Fsp3) is 0.474. The number of hydrogen-bond acceptors (Lipinski definition) is 3. The Labute approximate surface area is 162 Å². The number of piperidine rings is 1. The second kappa shape index (κ2) is 7.92. The standard InChI is InChI=1S/C19H23BrClN3O/c1-3-23(4-2)19(25)13-7-9-24(10-8-13)17-6-5-14-11-15(20)12-16(21)18(14)22-17/h5-6,11-13H,3-4,7-10H2,1-2H3. The number of aromatic nitrogens is 1. The molecular weight excluding hydrogens is 402 g/mol. The van der Waals surface area contributed by atoms with Crippen LogP contribution in [0.4, 0.5) is 5.82 Å². The van der Waals surface area contributed by atoms with Gasteiger partial charge in [-0.05, 0) is 51.0 Å². The highest BCUT2D eigenvalue weighted by molar-refractivity contribution is 9.10. The summed E-state index contributed by atoms with van der Waals surface area (Å²) in [6, 6.07) is 7.99. The number of amides is 1. The molecule has 1 aromatic carbocycles. The molecule has 0 N–H and O–H groups in total. The maximum atomic E-state index is 12.5. The van der Waals surface area contributed by atoms with Crippen molar-refractivity contribution in [1.82, 2.24) is 9.88 Å². The Morgan fingerprint density at radius 3 is 2.60 bits per heavy atom. The van der Waals surface area contributed by atoms with Gasteiger partial charge in [0.2, 0.25) is 5.91 Å². The summed E-state index contributed by atoms with van der Waals surface area (Å²) >= 11 is 9.81. The minimum absolute atomic E-state index is 0.135. The maximum absolute atomic E-state index is 12.5. The molecule has 0 unspecified atom stereocenters. The average molecular weight is 425 g/mol. The smallest absolute Gasteiger partial charge is 0.225 e. The van der Waals surface area contributed by atoms with Crippen LogP contribution in [-0.4, -0.2) is 42.0 Å². The van der Waals surface area contributed by atoms with Gasteiger partial charge in [-0.15, -0.1) is 0 Å². The SMILES string of the molecule is CCN(CC)C(=O)C1CCN(c2ccc3cc(Br)cc(Cl)c3n2)CC1. The van der Waals surface area contributed by atoms with E-state index < -0.39 is 0 Å². The number of anilines is 1. The number of halogens is 2. The second-order valence-corrected chi connectivity index (χ2v) is 7.72. The number of nitrogens with zero attached hydrogens (tertiary/aromatic N) is 3. The lowest BCUT2D eigenvalue weighted by Crippen LogP contribution is -2.42. The van der Waals surface area contributed by atoms with E-state index in [0.717, 1.165) is 60.2 Å². The summed E-state index contributed by atoms with van der Waals surface area (Å²) in [4.78, 5) is 21.5. The van der Waals surface area contributed by atoms with E-state index in [1.807, 2.05) is 36.9 Å². The molecule has 6 heteroatoms. The van der Waals surface area contributed by atoms with Gasteiger partial charge in [0.25, 0.3) is 0 Å². The van der Waals surface area contributed by atoms with Gasteiger partial charge in [-0.2, -0.15) is 0 Å². The molecule has 4 nitrogen and oxygen atoms in total. The predicted molar refractivity (Wildman–Crippen MR) is 107 cm³/mol. The van der Waals surface area contributed by atoms with E-state index in [1.54, 1.807) is 0 Å². The Morgan fingerprint density at radius 1 is 1.28 bits per heavy atom. The van der Waals surface area contributed by atoms with Gasteiger partial charge in [-0.1, -0.05) is 27.5 Å². The first-order valence-electron chi connectivity index (χ1n) is 8.83. The Morgan fingerprint density at radius 2 is 1.96 bits per heavy atom. The van der Waals surface area contributed by atoms with E-state index in [0.29, 0.717) is 10.9 Å². The summed E-state index contributed by atoms with van der Waals surface area (Å²) in [5, 5.41) is 1.67. The first-order chi connectivity index (χ1) is 12.0. The molecule has 0 aliphatic carbocycles. The van der Waals surface area contributed by atoms with Crippen molar-refractivity contribution in [2.45, 2.75) is 26.7 Å². The van der Waals surface area contributed by atoms with Gasteiger partial charge in [0.1, 0.15) is 5.82 Å². The largest absolute Gasteiger partial charge is 0.357 e. The lowest BCUT2D eigenvalue weighted by Gasteiger charge is -2.34. The monoisotopic (exact) mass is 423 g/mol. The number of rotatable bonds is 4. The van der Waals surface area contributed by atoms with Crippen molar-refractivity contribution in [3.63, 3.8) is 0 Å². The molecule has 0 bridgehead atoms. The van der Waals surface area contributed by atoms with E-state index in [4.69, 9.17) is 16.6 Å². The van der Waals surface area contributed by atoms with Crippen LogP contribution >= 0.6 is 27.5 Å². The van der Waals surface area contributed by atoms with Crippen LogP contribution in [0.1, 0.15) is 26.7 Å². The summed E-state index contributed by atoms with van der Waals surface area (Å²) < 4.78 is 0.954. The third-order valence-corrected chi connectivity index (χ3v) is 5.69. The summed E-state index contributed by atoms with van der Waals surface area (Å²) in [6.45, 7) is 7.36. The van der Waals surface area contributed by atoms with Crippen LogP contribution in [0, 0.1) is 5.92 Å². The average Bonchev–Trinajstić information content (AvgIpc) is 2.62. The van der Waals surface area contributed by atoms with E-state index in [9.17, 15) is 4.79 Å². The van der Waals surface area contributed by atoms with Gasteiger partial charge >= 0.3 is 0 Å². The quantitative estimate of drug-likeness (QED) is 0.711. The number of pyridine rings is 1. The predicted octanol–water partition coefficient (Wildman–Crippen LogP) is 4.74. The van der Waals surface area contributed by atoms with Crippen molar-refractivity contribution < 1.29 is 4.79 Å². The van der Waals surface area contributed by atoms with Gasteiger partial charge in [-0.3, -0.25) is 4.79 Å². The van der Waals surface area contributed by atoms with Gasteiger partial charge in [0.05, 0.1) is 10.5 Å². The summed E-state index contributed by atoms with van der Waals surface area (Å²) in [5.74, 6) is 1.37. The Bertz CT molecular complexity index is 771. The highest BCUT2D eigenvalue weighted by Gasteiger charge is 2.28. The molecule has 1 aromatic heterocycles. The van der Waals surface area contributed by atoms with Crippen molar-refractivity contribution in [3.05, 3.63) is 33.8 Å². The van der Waals surface area contributed by atoms with Crippen molar-refractivity contribution in [3.8, 4) is 0 Å². The Balaban J connectivity index is 1.73. The van der Waals surface area contributed by atoms with Gasteiger partial charge in [0, 0.05) is 42.0 Å². The maximum Gasteiger partial charge on any atom is 0.225 e. The first kappa shape index (κ1) is 18.5. The first-order valence-corrected chi connectivity index (χ1v) is 10.00. The van der Waals surface area contributed by atoms with E-state index in [-0.39, 0.29) is 5.92 Å². The summed E-state index contributed by atoms with van der Waals surface area (Å²) in [6.07, 6.45) is 1.76. The molecule has 1 aliphatic heterocycles. The normalized spacial score (nSPS) is 15.6. The molecule has 1 saturated heterocycles. The van der Waals surface area contributed by atoms with E-state index in [1.165, 1.54) is 0 Å². The fourth-order valence-electron chi connectivity index (χ4n) is 3.47. The lowest BCUT2D eigenvalue weighted by molar-refractivity contribution is -0.135. The second-order valence-electron chi connectivity index (χ2n) is 6.40. The van der Waals surface area contributed by atoms with Crippen molar-refractivity contribution in [2.24, 2.45) is 5.92 Å². The minimum Gasteiger partial charge on any atom is -0.357 e. The molecule has 0 saturated carbocycles. The zero-order valence-electron chi connectivity index (χ0n) is 14.6. The molecule has 2 heterocycles. The molecule has 0 radical (unpaired) electrons. The Hall–Kier alpha value is -1.33. The minimum atomic E-state index is 0.135. The van der Waals surface area contributed by atoms with Crippen molar-refractivity contribution in [2.75, 3.05) is 31.1 Å². The molecule has 1 aliphatic rings. The van der Waals surface area contributed by atoms with Crippen molar-refractivity contribution >= 4 is 50.2 Å². The summed E-state index contributed by atoms with van der Waals surface area (Å²) in [5.41, 5.74) is 0.823. The van der Waals surface area contributed by atoms with E-state index in [2.05, 4.69) is 26.9 Å². The third kappa shape index (κ3) is 3.93. The molecule has 1 amide bonds. The number of carbonyl (C=O) groups is 1. The third-order valence-electron chi connectivity index (χ3n) is 4.94.